The smallest absolute Gasteiger partial charge is 0.338 e. The number of hydrogen-bond donors (Lipinski definition) is 1. The fourth-order valence-corrected chi connectivity index (χ4v) is 8.89. The molecule has 8 atom stereocenters. The van der Waals surface area contributed by atoms with E-state index in [1.165, 1.54) is 19.3 Å². The van der Waals surface area contributed by atoms with Crippen LogP contribution in [0.15, 0.2) is 60.7 Å². The van der Waals surface area contributed by atoms with Crippen molar-refractivity contribution in [3.05, 3.63) is 71.8 Å². The topological polar surface area (TPSA) is 64.6 Å². The lowest BCUT2D eigenvalue weighted by Crippen LogP contribution is -2.62. The maximum atomic E-state index is 13.2. The molecule has 178 valence electrons. The van der Waals surface area contributed by atoms with Gasteiger partial charge in [0, 0.05) is 0 Å². The summed E-state index contributed by atoms with van der Waals surface area (Å²) in [6.45, 7) is 9.18. The lowest BCUT2D eigenvalue weighted by Gasteiger charge is -2.52. The van der Waals surface area contributed by atoms with Gasteiger partial charge in [-0.25, -0.2) is 9.59 Å². The van der Waals surface area contributed by atoms with Gasteiger partial charge < -0.3 is 9.47 Å². The van der Waals surface area contributed by atoms with Crippen LogP contribution in [0.25, 0.3) is 0 Å². The molecule has 2 saturated carbocycles. The van der Waals surface area contributed by atoms with Crippen LogP contribution >= 0.6 is 0 Å². The van der Waals surface area contributed by atoms with Gasteiger partial charge in [0.15, 0.2) is 12.2 Å². The Morgan fingerprint density at radius 3 is 1.47 bits per heavy atom. The van der Waals surface area contributed by atoms with E-state index >= 15 is 0 Å². The van der Waals surface area contributed by atoms with Crippen LogP contribution in [0.3, 0.4) is 0 Å². The highest BCUT2D eigenvalue weighted by molar-refractivity contribution is 5.90. The van der Waals surface area contributed by atoms with Crippen LogP contribution in [0.2, 0.25) is 0 Å². The van der Waals surface area contributed by atoms with Crippen molar-refractivity contribution < 1.29 is 19.1 Å². The fourth-order valence-electron chi connectivity index (χ4n) is 8.89. The van der Waals surface area contributed by atoms with Crippen LogP contribution in [-0.2, 0) is 9.47 Å². The predicted octanol–water partition coefficient (Wildman–Crippen LogP) is 5.01. The fraction of sp³-hybridized carbons (Fsp3) is 0.517. The summed E-state index contributed by atoms with van der Waals surface area (Å²) >= 11 is 0. The Hall–Kier alpha value is -2.66. The van der Waals surface area contributed by atoms with E-state index in [1.807, 2.05) is 36.4 Å². The van der Waals surface area contributed by atoms with Crippen molar-refractivity contribution in [3.63, 3.8) is 0 Å². The molecule has 0 spiro atoms. The Labute approximate surface area is 201 Å². The van der Waals surface area contributed by atoms with Crippen LogP contribution in [-0.4, -0.2) is 35.2 Å². The van der Waals surface area contributed by atoms with Gasteiger partial charge in [-0.05, 0) is 80.0 Å². The van der Waals surface area contributed by atoms with Crippen LogP contribution in [0, 0.1) is 22.7 Å². The summed E-state index contributed by atoms with van der Waals surface area (Å²) in [6.07, 6.45) is 2.40. The molecule has 4 aliphatic rings. The van der Waals surface area contributed by atoms with Crippen molar-refractivity contribution in [2.24, 2.45) is 22.7 Å². The maximum absolute atomic E-state index is 13.2. The quantitative estimate of drug-likeness (QED) is 0.651. The Bertz CT molecular complexity index is 1060. The van der Waals surface area contributed by atoms with Crippen molar-refractivity contribution in [2.75, 3.05) is 0 Å². The van der Waals surface area contributed by atoms with Gasteiger partial charge in [-0.3, -0.25) is 5.32 Å². The lowest BCUT2D eigenvalue weighted by atomic mass is 9.53. The number of rotatable bonds is 4. The lowest BCUT2D eigenvalue weighted by molar-refractivity contribution is -0.115. The van der Waals surface area contributed by atoms with Gasteiger partial charge in [0.2, 0.25) is 0 Å². The van der Waals surface area contributed by atoms with Crippen molar-refractivity contribution in [2.45, 2.75) is 70.2 Å². The largest absolute Gasteiger partial charge is 0.453 e. The third kappa shape index (κ3) is 2.76. The van der Waals surface area contributed by atoms with Crippen molar-refractivity contribution >= 4 is 11.9 Å². The van der Waals surface area contributed by atoms with Crippen LogP contribution < -0.4 is 5.32 Å². The molecule has 2 aliphatic heterocycles. The van der Waals surface area contributed by atoms with E-state index in [-0.39, 0.29) is 22.8 Å². The second-order valence-electron chi connectivity index (χ2n) is 12.0. The normalized spacial score (nSPS) is 43.5. The van der Waals surface area contributed by atoms with Gasteiger partial charge in [-0.15, -0.1) is 0 Å². The molecule has 0 amide bonds. The molecule has 7 unspecified atom stereocenters. The molecule has 1 N–H and O–H groups in total. The summed E-state index contributed by atoms with van der Waals surface area (Å²) in [6, 6.07) is 18.1. The average molecular weight is 460 g/mol. The second kappa shape index (κ2) is 6.94. The minimum atomic E-state index is -0.570. The van der Waals surface area contributed by atoms with E-state index < -0.39 is 23.3 Å². The highest BCUT2D eigenvalue weighted by Gasteiger charge is 2.82. The number of nitrogens with one attached hydrogen (secondary N) is 1. The third-order valence-corrected chi connectivity index (χ3v) is 9.68. The third-order valence-electron chi connectivity index (χ3n) is 9.68. The number of carbonyl (C=O) groups is 2. The van der Waals surface area contributed by atoms with Gasteiger partial charge in [0.25, 0.3) is 0 Å². The van der Waals surface area contributed by atoms with E-state index in [0.717, 1.165) is 0 Å². The number of ether oxygens (including phenoxy) is 2. The molecule has 2 aromatic carbocycles. The molecule has 5 heteroatoms. The Balaban J connectivity index is 1.40. The molecule has 2 aromatic rings. The molecule has 4 bridgehead atoms. The molecule has 2 saturated heterocycles. The van der Waals surface area contributed by atoms with Crippen LogP contribution in [0.4, 0.5) is 0 Å². The molecule has 6 rings (SSSR count). The van der Waals surface area contributed by atoms with Gasteiger partial charge in [0.05, 0.1) is 22.2 Å². The zero-order chi connectivity index (χ0) is 23.9. The predicted molar refractivity (Wildman–Crippen MR) is 128 cm³/mol. The summed E-state index contributed by atoms with van der Waals surface area (Å²) in [5, 5.41) is 3.89. The van der Waals surface area contributed by atoms with Gasteiger partial charge in [0.1, 0.15) is 0 Å². The molecular weight excluding hydrogens is 426 g/mol. The Morgan fingerprint density at radius 1 is 0.706 bits per heavy atom. The minimum absolute atomic E-state index is 0.185. The molecule has 0 radical (unpaired) electrons. The first kappa shape index (κ1) is 21.8. The molecule has 5 nitrogen and oxygen atoms in total. The minimum Gasteiger partial charge on any atom is -0.453 e. The number of fused-ring (bicyclic) bond motifs is 9. The summed E-state index contributed by atoms with van der Waals surface area (Å²) in [5.74, 6) is -0.0452. The molecular formula is C29H33NO4. The number of esters is 2. The van der Waals surface area contributed by atoms with Crippen molar-refractivity contribution in [1.82, 2.24) is 5.32 Å². The van der Waals surface area contributed by atoms with E-state index in [9.17, 15) is 9.59 Å². The van der Waals surface area contributed by atoms with Gasteiger partial charge in [-0.1, -0.05) is 50.2 Å². The summed E-state index contributed by atoms with van der Waals surface area (Å²) in [4.78, 5) is 26.5. The first-order valence-corrected chi connectivity index (χ1v) is 12.4. The molecule has 34 heavy (non-hydrogen) atoms. The average Bonchev–Trinajstić information content (AvgIpc) is 3.44. The molecule has 2 heterocycles. The van der Waals surface area contributed by atoms with E-state index in [0.29, 0.717) is 23.0 Å². The molecule has 0 aromatic heterocycles. The second-order valence-corrected chi connectivity index (χ2v) is 12.0. The summed E-state index contributed by atoms with van der Waals surface area (Å²) < 4.78 is 12.5. The zero-order valence-corrected chi connectivity index (χ0v) is 20.3. The Kier molecular flexibility index (Phi) is 4.46. The monoisotopic (exact) mass is 459 g/mol. The number of carbonyl (C=O) groups excluding carboxylic acids is 2. The first-order chi connectivity index (χ1) is 16.1. The van der Waals surface area contributed by atoms with Crippen LogP contribution in [0.1, 0.15) is 67.7 Å². The van der Waals surface area contributed by atoms with Gasteiger partial charge in [-0.2, -0.15) is 0 Å². The van der Waals surface area contributed by atoms with E-state index in [2.05, 4.69) is 33.0 Å². The SMILES string of the molecule is CC12CCC(C)(C1)C1C2C2(C)N[C@]1(C)C(OC(=O)c1ccccc1)C2OC(=O)c1ccccc1. The molecule has 4 fully saturated rings. The molecule has 2 aliphatic carbocycles. The van der Waals surface area contributed by atoms with Crippen molar-refractivity contribution in [3.8, 4) is 0 Å². The Morgan fingerprint density at radius 2 is 1.09 bits per heavy atom. The zero-order valence-electron chi connectivity index (χ0n) is 20.3. The maximum Gasteiger partial charge on any atom is 0.338 e. The van der Waals surface area contributed by atoms with E-state index in [4.69, 9.17) is 9.47 Å². The first-order valence-electron chi connectivity index (χ1n) is 12.4. The van der Waals surface area contributed by atoms with E-state index in [1.54, 1.807) is 24.3 Å². The van der Waals surface area contributed by atoms with Crippen LogP contribution in [0.5, 0.6) is 0 Å². The highest BCUT2D eigenvalue weighted by Crippen LogP contribution is 2.77. The van der Waals surface area contributed by atoms with Gasteiger partial charge >= 0.3 is 11.9 Å². The highest BCUT2D eigenvalue weighted by atomic mass is 16.6. The standard InChI is InChI=1S/C29H33NO4/c1-26-15-16-27(2,17-26)21-20(26)28(3)22(33-24(31)18-11-7-5-8-12-18)23(29(21,4)30-28)34-25(32)19-13-9-6-10-14-19/h5-14,20-23,30H,15-17H2,1-4H3/t20?,21?,22?,23?,26?,27?,28-,29?/m0/s1. The summed E-state index contributed by atoms with van der Waals surface area (Å²) in [7, 11) is 0. The number of benzene rings is 2. The van der Waals surface area contributed by atoms with Crippen molar-refractivity contribution in [1.29, 1.82) is 0 Å². The number of hydrogen-bond acceptors (Lipinski definition) is 5. The summed E-state index contributed by atoms with van der Waals surface area (Å²) in [5.41, 5.74) is 0.441.